The number of hydrogen-bond acceptors (Lipinski definition) is 3. The lowest BCUT2D eigenvalue weighted by atomic mass is 10.1. The Bertz CT molecular complexity index is 384. The Morgan fingerprint density at radius 3 is 2.58 bits per heavy atom. The van der Waals surface area contributed by atoms with E-state index in [9.17, 15) is 9.59 Å². The molecule has 3 radical (unpaired) electrons. The number of benzene rings is 1. The van der Waals surface area contributed by atoms with Crippen LogP contribution in [0.15, 0.2) is 18.2 Å². The lowest BCUT2D eigenvalue weighted by molar-refractivity contribution is 0.0444. The zero-order valence-electron chi connectivity index (χ0n) is 5.96. The molecule has 1 aromatic rings. The average Bonchev–Trinajstić information content (AvgIpc) is 2.29. The van der Waals surface area contributed by atoms with Crippen molar-refractivity contribution in [3.05, 3.63) is 29.3 Å². The number of carbonyl (C=O) groups is 2. The maximum Gasteiger partial charge on any atom is 0.346 e. The normalized spacial score (nSPS) is 14.4. The molecular weight excluding hydrogens is 172 g/mol. The molecule has 0 bridgehead atoms. The van der Waals surface area contributed by atoms with Crippen LogP contribution in [-0.2, 0) is 4.74 Å². The van der Waals surface area contributed by atoms with Crippen LogP contribution < -0.4 is 5.19 Å². The van der Waals surface area contributed by atoms with Crippen molar-refractivity contribution >= 4 is 27.4 Å². The molecule has 0 N–H and O–H groups in total. The maximum atomic E-state index is 11.0. The first-order chi connectivity index (χ1) is 5.70. The van der Waals surface area contributed by atoms with Gasteiger partial charge in [-0.1, -0.05) is 17.3 Å². The quantitative estimate of drug-likeness (QED) is 0.311. The van der Waals surface area contributed by atoms with Gasteiger partial charge < -0.3 is 4.74 Å². The summed E-state index contributed by atoms with van der Waals surface area (Å²) in [7, 11) is 3.21. The monoisotopic (exact) mass is 175 g/mol. The fourth-order valence-corrected chi connectivity index (χ4v) is 1.47. The first-order valence-corrected chi connectivity index (χ1v) is 3.81. The summed E-state index contributed by atoms with van der Waals surface area (Å²) in [5.74, 6) is -1.16. The number of hydrogen-bond donors (Lipinski definition) is 0. The van der Waals surface area contributed by atoms with Crippen LogP contribution in [-0.4, -0.2) is 22.2 Å². The smallest absolute Gasteiger partial charge is 0.346 e. The fraction of sp³-hybridized carbons (Fsp3) is 0. The third-order valence-corrected chi connectivity index (χ3v) is 2.09. The van der Waals surface area contributed by atoms with Crippen LogP contribution in [0.25, 0.3) is 0 Å². The Morgan fingerprint density at radius 2 is 1.92 bits per heavy atom. The van der Waals surface area contributed by atoms with Crippen LogP contribution in [0.5, 0.6) is 0 Å². The summed E-state index contributed by atoms with van der Waals surface area (Å²) in [5, 5.41) is 0.586. The van der Waals surface area contributed by atoms with E-state index in [0.29, 0.717) is 16.3 Å². The van der Waals surface area contributed by atoms with Crippen LogP contribution >= 0.6 is 0 Å². The van der Waals surface area contributed by atoms with E-state index in [1.165, 1.54) is 0 Å². The number of cyclic esters (lactones) is 2. The Hall–Kier alpha value is -1.42. The Balaban J connectivity index is 2.75. The van der Waals surface area contributed by atoms with Gasteiger partial charge in [-0.3, -0.25) is 0 Å². The molecule has 0 saturated carbocycles. The van der Waals surface area contributed by atoms with Crippen molar-refractivity contribution in [1.29, 1.82) is 0 Å². The minimum absolute atomic E-state index is 0.319. The topological polar surface area (TPSA) is 43.4 Å². The second-order valence-electron chi connectivity index (χ2n) is 2.41. The van der Waals surface area contributed by atoms with E-state index in [4.69, 9.17) is 0 Å². The van der Waals surface area contributed by atoms with E-state index in [0.717, 1.165) is 0 Å². The van der Waals surface area contributed by atoms with E-state index >= 15 is 0 Å². The Kier molecular flexibility index (Phi) is 1.38. The van der Waals surface area contributed by atoms with E-state index < -0.39 is 11.9 Å². The van der Waals surface area contributed by atoms with Crippen molar-refractivity contribution < 1.29 is 14.3 Å². The maximum absolute atomic E-state index is 11.0. The van der Waals surface area contributed by atoms with Gasteiger partial charge in [-0.2, -0.15) is 0 Å². The van der Waals surface area contributed by atoms with Crippen molar-refractivity contribution in [3.63, 3.8) is 0 Å². The number of ether oxygens (including phenoxy) is 1. The van der Waals surface area contributed by atoms with E-state index in [1.807, 2.05) is 0 Å². The zero-order valence-corrected chi connectivity index (χ0v) is 6.96. The molecule has 57 valence electrons. The fourth-order valence-electron chi connectivity index (χ4n) is 1.13. The molecule has 1 aliphatic heterocycles. The van der Waals surface area contributed by atoms with Gasteiger partial charge in [-0.25, -0.2) is 9.59 Å². The Morgan fingerprint density at radius 1 is 1.17 bits per heavy atom. The predicted octanol–water partition coefficient (Wildman–Crippen LogP) is -0.209. The van der Waals surface area contributed by atoms with Crippen LogP contribution in [0.3, 0.4) is 0 Å². The molecule has 1 heterocycles. The van der Waals surface area contributed by atoms with Crippen LogP contribution in [0.1, 0.15) is 20.7 Å². The molecule has 0 aliphatic carbocycles. The van der Waals surface area contributed by atoms with Gasteiger partial charge in [-0.05, 0) is 6.07 Å². The van der Waals surface area contributed by atoms with Crippen molar-refractivity contribution in [2.45, 2.75) is 0 Å². The minimum Gasteiger partial charge on any atom is -0.386 e. The summed E-state index contributed by atoms with van der Waals surface area (Å²) in [6.07, 6.45) is 0. The SMILES string of the molecule is O=C1OC(=O)c2c([Si])cccc21. The van der Waals surface area contributed by atoms with Gasteiger partial charge in [0.2, 0.25) is 0 Å². The minimum atomic E-state index is -0.583. The number of rotatable bonds is 0. The summed E-state index contributed by atoms with van der Waals surface area (Å²) in [6.45, 7) is 0. The molecule has 0 atom stereocenters. The number of carbonyl (C=O) groups excluding carboxylic acids is 2. The van der Waals surface area contributed by atoms with Crippen molar-refractivity contribution in [1.82, 2.24) is 0 Å². The summed E-state index contributed by atoms with van der Waals surface area (Å²) < 4.78 is 4.40. The summed E-state index contributed by atoms with van der Waals surface area (Å²) in [4.78, 5) is 22.0. The summed E-state index contributed by atoms with van der Waals surface area (Å²) >= 11 is 0. The van der Waals surface area contributed by atoms with Gasteiger partial charge in [0, 0.05) is 0 Å². The molecule has 0 amide bonds. The first kappa shape index (κ1) is 7.24. The predicted molar refractivity (Wildman–Crippen MR) is 41.6 cm³/mol. The third kappa shape index (κ3) is 0.815. The molecule has 0 fully saturated rings. The van der Waals surface area contributed by atoms with E-state index in [2.05, 4.69) is 15.0 Å². The van der Waals surface area contributed by atoms with Crippen LogP contribution in [0.4, 0.5) is 0 Å². The molecule has 1 aromatic carbocycles. The molecule has 0 saturated heterocycles. The number of esters is 2. The molecular formula is C8H3O3Si. The highest BCUT2D eigenvalue weighted by Crippen LogP contribution is 2.16. The molecule has 0 spiro atoms. The zero-order chi connectivity index (χ0) is 8.72. The largest absolute Gasteiger partial charge is 0.386 e. The van der Waals surface area contributed by atoms with E-state index in [1.54, 1.807) is 18.2 Å². The van der Waals surface area contributed by atoms with E-state index in [-0.39, 0.29) is 0 Å². The highest BCUT2D eigenvalue weighted by atomic mass is 28.1. The van der Waals surface area contributed by atoms with Crippen molar-refractivity contribution in [2.75, 3.05) is 0 Å². The second kappa shape index (κ2) is 2.28. The molecule has 3 nitrogen and oxygen atoms in total. The molecule has 1 aliphatic rings. The average molecular weight is 175 g/mol. The molecule has 12 heavy (non-hydrogen) atoms. The van der Waals surface area contributed by atoms with Gasteiger partial charge in [0.15, 0.2) is 0 Å². The van der Waals surface area contributed by atoms with Crippen molar-refractivity contribution in [3.8, 4) is 0 Å². The summed E-state index contributed by atoms with van der Waals surface area (Å²) in [5.41, 5.74) is 0.645. The van der Waals surface area contributed by atoms with Crippen LogP contribution in [0, 0.1) is 0 Å². The standard InChI is InChI=1S/C8H3O3Si/c9-7-4-2-1-3-5(12)6(4)8(10)11-7/h1-3H. The lowest BCUT2D eigenvalue weighted by Gasteiger charge is -1.94. The van der Waals surface area contributed by atoms with Crippen molar-refractivity contribution in [2.24, 2.45) is 0 Å². The molecule has 0 unspecified atom stereocenters. The van der Waals surface area contributed by atoms with Gasteiger partial charge >= 0.3 is 11.9 Å². The first-order valence-electron chi connectivity index (χ1n) is 3.31. The van der Waals surface area contributed by atoms with Crippen LogP contribution in [0.2, 0.25) is 0 Å². The molecule has 2 rings (SSSR count). The highest BCUT2D eigenvalue weighted by Gasteiger charge is 2.30. The lowest BCUT2D eigenvalue weighted by Crippen LogP contribution is -2.13. The van der Waals surface area contributed by atoms with Gasteiger partial charge in [-0.15, -0.1) is 0 Å². The number of fused-ring (bicyclic) bond motifs is 1. The molecule has 4 heteroatoms. The van der Waals surface area contributed by atoms with Gasteiger partial charge in [0.05, 0.1) is 21.4 Å². The molecule has 0 aromatic heterocycles. The Labute approximate surface area is 71.8 Å². The van der Waals surface area contributed by atoms with Gasteiger partial charge in [0.1, 0.15) is 0 Å². The third-order valence-electron chi connectivity index (χ3n) is 1.67. The second-order valence-corrected chi connectivity index (χ2v) is 2.94. The highest BCUT2D eigenvalue weighted by molar-refractivity contribution is 6.38. The summed E-state index contributed by atoms with van der Waals surface area (Å²) in [6, 6.07) is 4.93. The van der Waals surface area contributed by atoms with Gasteiger partial charge in [0.25, 0.3) is 0 Å².